The van der Waals surface area contributed by atoms with E-state index in [1.807, 2.05) is 13.0 Å². The molecule has 0 fully saturated rings. The van der Waals surface area contributed by atoms with E-state index in [0.717, 1.165) is 15.9 Å². The molecule has 0 saturated carbocycles. The summed E-state index contributed by atoms with van der Waals surface area (Å²) in [5.74, 6) is -0.788. The van der Waals surface area contributed by atoms with Crippen molar-refractivity contribution in [3.8, 4) is 0 Å². The SMILES string of the molecule is Cc1cccc(N(C(=O)/C=C/c2cccc([N+](=O)[O-])c2)S(=O)(=O)c2ccccc2)c1C. The van der Waals surface area contributed by atoms with Crippen molar-refractivity contribution in [1.29, 1.82) is 0 Å². The van der Waals surface area contributed by atoms with Gasteiger partial charge in [0.05, 0.1) is 15.5 Å². The van der Waals surface area contributed by atoms with Crippen LogP contribution in [0.25, 0.3) is 6.08 Å². The van der Waals surface area contributed by atoms with E-state index in [-0.39, 0.29) is 16.3 Å². The topological polar surface area (TPSA) is 97.6 Å². The first-order valence-corrected chi connectivity index (χ1v) is 10.8. The summed E-state index contributed by atoms with van der Waals surface area (Å²) in [6, 6.07) is 18.5. The molecule has 7 nitrogen and oxygen atoms in total. The third-order valence-corrected chi connectivity index (χ3v) is 6.50. The number of rotatable bonds is 6. The second-order valence-corrected chi connectivity index (χ2v) is 8.61. The van der Waals surface area contributed by atoms with Gasteiger partial charge in [0.2, 0.25) is 0 Å². The lowest BCUT2D eigenvalue weighted by Gasteiger charge is -2.24. The summed E-state index contributed by atoms with van der Waals surface area (Å²) in [6.07, 6.45) is 2.45. The van der Waals surface area contributed by atoms with Gasteiger partial charge in [-0.1, -0.05) is 42.5 Å². The molecule has 0 aromatic heterocycles. The number of non-ortho nitro benzene ring substituents is 1. The Labute approximate surface area is 180 Å². The van der Waals surface area contributed by atoms with Crippen LogP contribution in [0.2, 0.25) is 0 Å². The average Bonchev–Trinajstić information content (AvgIpc) is 2.76. The summed E-state index contributed by atoms with van der Waals surface area (Å²) in [6.45, 7) is 3.57. The minimum atomic E-state index is -4.19. The number of carbonyl (C=O) groups excluding carboxylic acids is 1. The van der Waals surface area contributed by atoms with Crippen LogP contribution in [0, 0.1) is 24.0 Å². The first kappa shape index (κ1) is 21.9. The fourth-order valence-electron chi connectivity index (χ4n) is 3.00. The zero-order chi connectivity index (χ0) is 22.6. The highest BCUT2D eigenvalue weighted by atomic mass is 32.2. The van der Waals surface area contributed by atoms with Gasteiger partial charge in [-0.2, -0.15) is 4.31 Å². The summed E-state index contributed by atoms with van der Waals surface area (Å²) in [5, 5.41) is 11.0. The van der Waals surface area contributed by atoms with Crippen LogP contribution in [0.4, 0.5) is 11.4 Å². The zero-order valence-electron chi connectivity index (χ0n) is 16.9. The predicted octanol–water partition coefficient (Wildman–Crippen LogP) is 4.65. The van der Waals surface area contributed by atoms with E-state index in [1.165, 1.54) is 36.4 Å². The molecular weight excluding hydrogens is 416 g/mol. The predicted molar refractivity (Wildman–Crippen MR) is 119 cm³/mol. The van der Waals surface area contributed by atoms with Crippen molar-refractivity contribution in [3.05, 3.63) is 106 Å². The number of benzene rings is 3. The van der Waals surface area contributed by atoms with E-state index < -0.39 is 20.9 Å². The Kier molecular flexibility index (Phi) is 6.31. The molecule has 31 heavy (non-hydrogen) atoms. The van der Waals surface area contributed by atoms with Crippen LogP contribution < -0.4 is 4.31 Å². The zero-order valence-corrected chi connectivity index (χ0v) is 17.7. The second-order valence-electron chi connectivity index (χ2n) is 6.83. The van der Waals surface area contributed by atoms with Gasteiger partial charge in [-0.3, -0.25) is 14.9 Å². The average molecular weight is 436 g/mol. The third-order valence-electron chi connectivity index (χ3n) is 4.78. The number of sulfonamides is 1. The number of hydrogen-bond acceptors (Lipinski definition) is 5. The molecule has 0 atom stereocenters. The number of anilines is 1. The summed E-state index contributed by atoms with van der Waals surface area (Å²) < 4.78 is 27.5. The normalized spacial score (nSPS) is 11.4. The molecule has 0 radical (unpaired) electrons. The lowest BCUT2D eigenvalue weighted by atomic mass is 10.1. The number of carbonyl (C=O) groups is 1. The monoisotopic (exact) mass is 436 g/mol. The Balaban J connectivity index is 2.08. The smallest absolute Gasteiger partial charge is 0.268 e. The Hall–Kier alpha value is -3.78. The molecule has 0 N–H and O–H groups in total. The Morgan fingerprint density at radius 3 is 2.32 bits per heavy atom. The molecule has 3 rings (SSSR count). The summed E-state index contributed by atoms with van der Waals surface area (Å²) in [5.41, 5.74) is 2.01. The maximum atomic E-state index is 13.4. The number of amides is 1. The molecule has 8 heteroatoms. The molecule has 0 unspecified atom stereocenters. The third kappa shape index (κ3) is 4.70. The van der Waals surface area contributed by atoms with Crippen LogP contribution in [0.5, 0.6) is 0 Å². The standard InChI is InChI=1S/C23H20N2O5S/c1-17-8-6-13-22(18(17)2)24(31(29,30)21-11-4-3-5-12-21)23(26)15-14-19-9-7-10-20(16-19)25(27)28/h3-16H,1-2H3/b15-14+. The Bertz CT molecular complexity index is 1270. The molecule has 0 saturated heterocycles. The van der Waals surface area contributed by atoms with Crippen LogP contribution >= 0.6 is 0 Å². The number of nitrogens with zero attached hydrogens (tertiary/aromatic N) is 2. The minimum Gasteiger partial charge on any atom is -0.268 e. The molecule has 1 amide bonds. The van der Waals surface area contributed by atoms with Gasteiger partial charge in [0, 0.05) is 18.2 Å². The number of hydrogen-bond donors (Lipinski definition) is 0. The van der Waals surface area contributed by atoms with Gasteiger partial charge >= 0.3 is 0 Å². The van der Waals surface area contributed by atoms with Gasteiger partial charge in [-0.15, -0.1) is 0 Å². The van der Waals surface area contributed by atoms with E-state index in [0.29, 0.717) is 11.1 Å². The first-order valence-electron chi connectivity index (χ1n) is 9.35. The molecule has 158 valence electrons. The number of aryl methyl sites for hydroxylation is 1. The highest BCUT2D eigenvalue weighted by Gasteiger charge is 2.31. The van der Waals surface area contributed by atoms with Gasteiger partial charge < -0.3 is 0 Å². The van der Waals surface area contributed by atoms with E-state index in [4.69, 9.17) is 0 Å². The van der Waals surface area contributed by atoms with Gasteiger partial charge in [-0.05, 0) is 54.8 Å². The summed E-state index contributed by atoms with van der Waals surface area (Å²) in [4.78, 5) is 23.6. The largest absolute Gasteiger partial charge is 0.271 e. The van der Waals surface area contributed by atoms with Gasteiger partial charge in [0.1, 0.15) is 0 Å². The first-order chi connectivity index (χ1) is 14.7. The molecule has 3 aromatic carbocycles. The van der Waals surface area contributed by atoms with E-state index >= 15 is 0 Å². The van der Waals surface area contributed by atoms with Crippen molar-refractivity contribution >= 4 is 33.4 Å². The molecule has 0 aliphatic rings. The van der Waals surface area contributed by atoms with E-state index in [2.05, 4.69) is 0 Å². The van der Waals surface area contributed by atoms with Crippen molar-refractivity contribution < 1.29 is 18.1 Å². The van der Waals surface area contributed by atoms with Crippen LogP contribution in [-0.2, 0) is 14.8 Å². The number of nitro groups is 1. The van der Waals surface area contributed by atoms with Crippen molar-refractivity contribution in [1.82, 2.24) is 0 Å². The highest BCUT2D eigenvalue weighted by molar-refractivity contribution is 7.93. The van der Waals surface area contributed by atoms with Gasteiger partial charge in [0.15, 0.2) is 0 Å². The quantitative estimate of drug-likeness (QED) is 0.318. The summed E-state index contributed by atoms with van der Waals surface area (Å²) >= 11 is 0. The Morgan fingerprint density at radius 1 is 0.968 bits per heavy atom. The number of nitro benzene ring substituents is 1. The maximum absolute atomic E-state index is 13.4. The second kappa shape index (κ2) is 8.93. The molecule has 0 bridgehead atoms. The molecule has 0 spiro atoms. The van der Waals surface area contributed by atoms with E-state index in [9.17, 15) is 23.3 Å². The van der Waals surface area contributed by atoms with Crippen molar-refractivity contribution in [2.24, 2.45) is 0 Å². The lowest BCUT2D eigenvalue weighted by Crippen LogP contribution is -2.36. The maximum Gasteiger partial charge on any atom is 0.271 e. The minimum absolute atomic E-state index is 0.0204. The van der Waals surface area contributed by atoms with Gasteiger partial charge in [-0.25, -0.2) is 8.42 Å². The van der Waals surface area contributed by atoms with Crippen molar-refractivity contribution in [3.63, 3.8) is 0 Å². The van der Waals surface area contributed by atoms with Crippen LogP contribution in [-0.4, -0.2) is 19.2 Å². The Morgan fingerprint density at radius 2 is 1.65 bits per heavy atom. The van der Waals surface area contributed by atoms with Crippen LogP contribution in [0.3, 0.4) is 0 Å². The summed E-state index contributed by atoms with van der Waals surface area (Å²) in [7, 11) is -4.19. The van der Waals surface area contributed by atoms with E-state index in [1.54, 1.807) is 43.3 Å². The van der Waals surface area contributed by atoms with Crippen molar-refractivity contribution in [2.45, 2.75) is 18.7 Å². The molecule has 0 aliphatic carbocycles. The fourth-order valence-corrected chi connectivity index (χ4v) is 4.46. The van der Waals surface area contributed by atoms with Crippen LogP contribution in [0.15, 0.2) is 83.8 Å². The molecule has 0 aliphatic heterocycles. The molecule has 0 heterocycles. The molecular formula is C23H20N2O5S. The lowest BCUT2D eigenvalue weighted by molar-refractivity contribution is -0.384. The molecule has 3 aromatic rings. The van der Waals surface area contributed by atoms with Crippen LogP contribution in [0.1, 0.15) is 16.7 Å². The highest BCUT2D eigenvalue weighted by Crippen LogP contribution is 2.29. The van der Waals surface area contributed by atoms with Crippen molar-refractivity contribution in [2.75, 3.05) is 4.31 Å². The fraction of sp³-hybridized carbons (Fsp3) is 0.0870. The van der Waals surface area contributed by atoms with Gasteiger partial charge in [0.25, 0.3) is 21.6 Å².